The van der Waals surface area contributed by atoms with Crippen molar-refractivity contribution in [1.82, 2.24) is 35.0 Å². The van der Waals surface area contributed by atoms with Crippen LogP contribution in [0.4, 0.5) is 17.6 Å². The summed E-state index contributed by atoms with van der Waals surface area (Å²) in [6.07, 6.45) is 3.43. The van der Waals surface area contributed by atoms with Crippen LogP contribution in [0.5, 0.6) is 0 Å². The first-order chi connectivity index (χ1) is 29.7. The molecule has 4 heterocycles. The third-order valence-corrected chi connectivity index (χ3v) is 14.5. The van der Waals surface area contributed by atoms with Crippen LogP contribution in [-0.4, -0.2) is 104 Å². The number of nitrogens with zero attached hydrogens (tertiary/aromatic N) is 4. The molecule has 2 aliphatic carbocycles. The van der Waals surface area contributed by atoms with Gasteiger partial charge in [-0.2, -0.15) is 0 Å². The van der Waals surface area contributed by atoms with E-state index in [1.165, 1.54) is 29.2 Å². The lowest BCUT2D eigenvalue weighted by molar-refractivity contribution is -0.142. The Labute approximate surface area is 359 Å². The third kappa shape index (κ3) is 8.62. The lowest BCUT2D eigenvalue weighted by atomic mass is 9.73. The summed E-state index contributed by atoms with van der Waals surface area (Å²) in [5, 5.41) is 6.61. The van der Waals surface area contributed by atoms with Crippen molar-refractivity contribution < 1.29 is 36.7 Å². The number of aromatic amines is 1. The number of Topliss-reactive ketones (excluding diaryl/α,β-unsaturated/α-hetero) is 1. The van der Waals surface area contributed by atoms with Crippen LogP contribution in [0.3, 0.4) is 0 Å². The molecule has 2 aromatic carbocycles. The molecule has 2 saturated carbocycles. The van der Waals surface area contributed by atoms with E-state index in [1.807, 2.05) is 18.4 Å². The van der Waals surface area contributed by atoms with Crippen molar-refractivity contribution >= 4 is 45.4 Å². The van der Waals surface area contributed by atoms with Crippen molar-refractivity contribution in [3.05, 3.63) is 53.6 Å². The molecule has 11 nitrogen and oxygen atoms in total. The predicted molar refractivity (Wildman–Crippen MR) is 228 cm³/mol. The topological polar surface area (TPSA) is 132 Å². The number of imidazole rings is 1. The number of likely N-dealkylation sites (tertiary alicyclic amines) is 2. The number of halogens is 4. The highest BCUT2D eigenvalue weighted by Gasteiger charge is 2.45. The molecule has 8 rings (SSSR count). The van der Waals surface area contributed by atoms with Gasteiger partial charge in [0, 0.05) is 60.7 Å². The first-order valence-electron chi connectivity index (χ1n) is 22.6. The van der Waals surface area contributed by atoms with Gasteiger partial charge < -0.3 is 30.0 Å². The molecule has 334 valence electrons. The van der Waals surface area contributed by atoms with Gasteiger partial charge in [-0.3, -0.25) is 19.2 Å². The zero-order chi connectivity index (χ0) is 44.0. The molecule has 4 fully saturated rings. The van der Waals surface area contributed by atoms with Gasteiger partial charge in [-0.15, -0.1) is 0 Å². The van der Waals surface area contributed by atoms with Crippen LogP contribution in [0.1, 0.15) is 90.5 Å². The fourth-order valence-corrected chi connectivity index (χ4v) is 10.1. The minimum Gasteiger partial charge on any atom is -0.352 e. The minimum atomic E-state index is -1.32. The number of nitrogens with one attached hydrogen (secondary N) is 3. The number of alkyl halides is 2. The second-order valence-corrected chi connectivity index (χ2v) is 18.5. The van der Waals surface area contributed by atoms with Gasteiger partial charge in [-0.1, -0.05) is 26.7 Å². The highest BCUT2D eigenvalue weighted by molar-refractivity contribution is 5.93. The average Bonchev–Trinajstić information content (AvgIpc) is 3.96. The summed E-state index contributed by atoms with van der Waals surface area (Å²) >= 11 is 0. The second-order valence-electron chi connectivity index (χ2n) is 18.5. The molecule has 62 heavy (non-hydrogen) atoms. The van der Waals surface area contributed by atoms with E-state index in [1.54, 1.807) is 31.0 Å². The van der Waals surface area contributed by atoms with Crippen LogP contribution in [0.25, 0.3) is 33.5 Å². The maximum Gasteiger partial charge on any atom is 0.245 e. The van der Waals surface area contributed by atoms with Crippen LogP contribution in [0.2, 0.25) is 0 Å². The van der Waals surface area contributed by atoms with Crippen molar-refractivity contribution in [2.45, 2.75) is 134 Å². The number of rotatable bonds is 16. The Morgan fingerprint density at radius 3 is 2.16 bits per heavy atom. The van der Waals surface area contributed by atoms with E-state index >= 15 is 8.78 Å². The highest BCUT2D eigenvalue weighted by Crippen LogP contribution is 2.41. The quantitative estimate of drug-likeness (QED) is 0.102. The number of ketones is 1. The molecule has 2 aliphatic heterocycles. The van der Waals surface area contributed by atoms with E-state index in [2.05, 4.69) is 15.6 Å². The standard InChI is InChI=1S/C47H59F4N7O4/c1-5-25(2)45(60)55-42(28-10-7-11-28)47(62)57-23-32(51)17-34(57)24-58-40-15-13-30(49)19-39(40)54-44(58)43-37(35-14-12-29(48)18-38(35)53-43)20-33-16-31(50)22-56(33)46(61)36(27-8-6-9-27)21-41(59)26(3)52-4/h12-15,18-19,25-28,31-34,36,42,52-53H,5-11,16-17,20-24H2,1-4H3,(H,55,60). The average molecular weight is 862 g/mol. The number of amides is 3. The minimum absolute atomic E-state index is 0.0301. The lowest BCUT2D eigenvalue weighted by Gasteiger charge is -2.37. The number of fused-ring (bicyclic) bond motifs is 2. The van der Waals surface area contributed by atoms with E-state index in [9.17, 15) is 28.0 Å². The summed E-state index contributed by atoms with van der Waals surface area (Å²) in [6, 6.07) is 6.04. The zero-order valence-corrected chi connectivity index (χ0v) is 36.1. The smallest absolute Gasteiger partial charge is 0.245 e. The number of hydrogen-bond acceptors (Lipinski definition) is 6. The van der Waals surface area contributed by atoms with Crippen molar-refractivity contribution in [3.8, 4) is 11.5 Å². The maximum atomic E-state index is 15.6. The normalized spacial score (nSPS) is 23.9. The molecular formula is C47H59F4N7O4. The number of likely N-dealkylation sites (N-methyl/N-ethyl adjacent to an activating group) is 1. The number of carbonyl (C=O) groups is 4. The molecule has 3 amide bonds. The Morgan fingerprint density at radius 2 is 1.52 bits per heavy atom. The maximum absolute atomic E-state index is 15.6. The molecular weight excluding hydrogens is 803 g/mol. The molecule has 3 N–H and O–H groups in total. The van der Waals surface area contributed by atoms with E-state index in [0.29, 0.717) is 45.4 Å². The summed E-state index contributed by atoms with van der Waals surface area (Å²) in [6.45, 7) is 5.31. The summed E-state index contributed by atoms with van der Waals surface area (Å²) < 4.78 is 62.8. The summed E-state index contributed by atoms with van der Waals surface area (Å²) in [5.41, 5.74) is 2.37. The Bertz CT molecular complexity index is 2160. The van der Waals surface area contributed by atoms with Crippen molar-refractivity contribution in [1.29, 1.82) is 0 Å². The van der Waals surface area contributed by atoms with Crippen LogP contribution in [0.15, 0.2) is 36.4 Å². The van der Waals surface area contributed by atoms with E-state index < -0.39 is 54.1 Å². The van der Waals surface area contributed by atoms with Gasteiger partial charge >= 0.3 is 0 Å². The number of aromatic nitrogens is 3. The summed E-state index contributed by atoms with van der Waals surface area (Å²) in [4.78, 5) is 66.7. The summed E-state index contributed by atoms with van der Waals surface area (Å²) in [5.74, 6) is -2.41. The van der Waals surface area contributed by atoms with E-state index in [4.69, 9.17) is 4.98 Å². The van der Waals surface area contributed by atoms with Crippen molar-refractivity contribution in [2.24, 2.45) is 23.7 Å². The molecule has 15 heteroatoms. The number of H-pyrrole nitrogens is 1. The predicted octanol–water partition coefficient (Wildman–Crippen LogP) is 7.20. The Balaban J connectivity index is 1.16. The molecule has 0 radical (unpaired) electrons. The Hall–Kier alpha value is -4.79. The molecule has 8 unspecified atom stereocenters. The number of carbonyl (C=O) groups excluding carboxylic acids is 4. The molecule has 2 saturated heterocycles. The van der Waals surface area contributed by atoms with Gasteiger partial charge in [0.1, 0.15) is 35.8 Å². The monoisotopic (exact) mass is 861 g/mol. The zero-order valence-electron chi connectivity index (χ0n) is 36.1. The lowest BCUT2D eigenvalue weighted by Crippen LogP contribution is -2.56. The van der Waals surface area contributed by atoms with Crippen molar-refractivity contribution in [3.63, 3.8) is 0 Å². The molecule has 4 aliphatic rings. The van der Waals surface area contributed by atoms with Crippen LogP contribution in [-0.2, 0) is 32.1 Å². The highest BCUT2D eigenvalue weighted by atomic mass is 19.1. The van der Waals surface area contributed by atoms with Gasteiger partial charge in [-0.25, -0.2) is 22.5 Å². The Morgan fingerprint density at radius 1 is 0.871 bits per heavy atom. The van der Waals surface area contributed by atoms with Gasteiger partial charge in [-0.05, 0) is 100 Å². The first kappa shape index (κ1) is 43.8. The van der Waals surface area contributed by atoms with Crippen LogP contribution in [0, 0.1) is 35.3 Å². The summed E-state index contributed by atoms with van der Waals surface area (Å²) in [7, 11) is 1.70. The molecule has 4 aromatic rings. The largest absolute Gasteiger partial charge is 0.352 e. The van der Waals surface area contributed by atoms with Gasteiger partial charge in [0.25, 0.3) is 0 Å². The molecule has 2 aromatic heterocycles. The molecule has 8 atom stereocenters. The van der Waals surface area contributed by atoms with Crippen LogP contribution >= 0.6 is 0 Å². The van der Waals surface area contributed by atoms with Gasteiger partial charge in [0.15, 0.2) is 5.82 Å². The fraction of sp³-hybridized carbons (Fsp3) is 0.596. The third-order valence-electron chi connectivity index (χ3n) is 14.5. The molecule has 0 bridgehead atoms. The van der Waals surface area contributed by atoms with Crippen LogP contribution < -0.4 is 10.6 Å². The number of hydrogen-bond donors (Lipinski definition) is 3. The molecule has 0 spiro atoms. The van der Waals surface area contributed by atoms with Gasteiger partial charge in [0.2, 0.25) is 17.7 Å². The Kier molecular flexibility index (Phi) is 12.8. The van der Waals surface area contributed by atoms with Crippen molar-refractivity contribution in [2.75, 3.05) is 20.1 Å². The SMILES string of the molecule is CCC(C)C(=O)NC(C(=O)N1CC(F)CC1Cn1c(-c2[nH]c3cc(F)ccc3c2CC2CC(F)CN2C(=O)C(CC(=O)C(C)NC)C2CCC2)nc2cc(F)ccc21)C1CCC1. The fourth-order valence-electron chi connectivity index (χ4n) is 10.1. The van der Waals surface area contributed by atoms with E-state index in [-0.39, 0.29) is 86.6 Å². The second kappa shape index (κ2) is 18.1. The first-order valence-corrected chi connectivity index (χ1v) is 22.6. The number of benzene rings is 2. The van der Waals surface area contributed by atoms with Gasteiger partial charge in [0.05, 0.1) is 41.9 Å². The van der Waals surface area contributed by atoms with E-state index in [0.717, 1.165) is 38.5 Å².